The zero-order chi connectivity index (χ0) is 16.1. The van der Waals surface area contributed by atoms with E-state index in [9.17, 15) is 4.79 Å². The number of piperidine rings is 1. The predicted molar refractivity (Wildman–Crippen MR) is 104 cm³/mol. The standard InChI is InChI=1S/C17H26N4O2.2ClH/c1-23-14-17(5-8-18-9-6-17)16(22)21-12-10-20(11-13-21)15-4-2-3-7-19-15;;/h2-4,7,18H,5-6,8-14H2,1H3;2*1H. The van der Waals surface area contributed by atoms with Crippen molar-refractivity contribution in [3.8, 4) is 0 Å². The molecule has 3 heterocycles. The van der Waals surface area contributed by atoms with Crippen molar-refractivity contribution in [1.29, 1.82) is 0 Å². The molecule has 0 radical (unpaired) electrons. The minimum atomic E-state index is -0.340. The molecule has 1 amide bonds. The van der Waals surface area contributed by atoms with Crippen molar-refractivity contribution in [1.82, 2.24) is 15.2 Å². The maximum atomic E-state index is 13.1. The van der Waals surface area contributed by atoms with Gasteiger partial charge >= 0.3 is 0 Å². The fourth-order valence-electron chi connectivity index (χ4n) is 3.62. The molecule has 8 heteroatoms. The number of carbonyl (C=O) groups is 1. The molecule has 2 aliphatic heterocycles. The lowest BCUT2D eigenvalue weighted by molar-refractivity contribution is -0.147. The van der Waals surface area contributed by atoms with Gasteiger partial charge in [-0.15, -0.1) is 24.8 Å². The van der Waals surface area contributed by atoms with E-state index < -0.39 is 0 Å². The summed E-state index contributed by atoms with van der Waals surface area (Å²) in [4.78, 5) is 21.8. The monoisotopic (exact) mass is 390 g/mol. The van der Waals surface area contributed by atoms with Gasteiger partial charge in [-0.05, 0) is 38.1 Å². The Balaban J connectivity index is 0.00000156. The molecule has 1 N–H and O–H groups in total. The van der Waals surface area contributed by atoms with Gasteiger partial charge in [-0.1, -0.05) is 6.07 Å². The first-order valence-electron chi connectivity index (χ1n) is 8.40. The minimum Gasteiger partial charge on any atom is -0.384 e. The third-order valence-corrected chi connectivity index (χ3v) is 4.98. The Morgan fingerprint density at radius 3 is 2.44 bits per heavy atom. The van der Waals surface area contributed by atoms with Crippen LogP contribution in [0.1, 0.15) is 12.8 Å². The van der Waals surface area contributed by atoms with Gasteiger partial charge in [0.25, 0.3) is 0 Å². The fourth-order valence-corrected chi connectivity index (χ4v) is 3.62. The summed E-state index contributed by atoms with van der Waals surface area (Å²) in [6, 6.07) is 5.95. The van der Waals surface area contributed by atoms with Gasteiger partial charge in [0.2, 0.25) is 5.91 Å². The van der Waals surface area contributed by atoms with Crippen LogP contribution in [0.3, 0.4) is 0 Å². The average Bonchev–Trinajstić information content (AvgIpc) is 2.63. The van der Waals surface area contributed by atoms with E-state index in [1.54, 1.807) is 7.11 Å². The number of anilines is 1. The number of nitrogens with one attached hydrogen (secondary N) is 1. The van der Waals surface area contributed by atoms with Gasteiger partial charge in [-0.2, -0.15) is 0 Å². The SMILES string of the molecule is COCC1(C(=O)N2CCN(c3ccccn3)CC2)CCNCC1.Cl.Cl. The van der Waals surface area contributed by atoms with Crippen LogP contribution < -0.4 is 10.2 Å². The van der Waals surface area contributed by atoms with E-state index in [2.05, 4.69) is 15.2 Å². The van der Waals surface area contributed by atoms with Crippen LogP contribution in [0.4, 0.5) is 5.82 Å². The van der Waals surface area contributed by atoms with Crippen molar-refractivity contribution in [2.75, 3.05) is 57.9 Å². The Labute approximate surface area is 162 Å². The summed E-state index contributed by atoms with van der Waals surface area (Å²) in [5, 5.41) is 3.34. The highest BCUT2D eigenvalue weighted by atomic mass is 35.5. The Hall–Kier alpha value is -1.08. The van der Waals surface area contributed by atoms with Gasteiger partial charge in [0.15, 0.2) is 0 Å². The van der Waals surface area contributed by atoms with Crippen LogP contribution in [0.25, 0.3) is 0 Å². The third kappa shape index (κ3) is 4.97. The molecule has 2 fully saturated rings. The number of aromatic nitrogens is 1. The lowest BCUT2D eigenvalue weighted by Gasteiger charge is -2.43. The van der Waals surface area contributed by atoms with E-state index in [-0.39, 0.29) is 36.1 Å². The number of hydrogen-bond acceptors (Lipinski definition) is 5. The molecule has 6 nitrogen and oxygen atoms in total. The summed E-state index contributed by atoms with van der Waals surface area (Å²) < 4.78 is 5.39. The maximum Gasteiger partial charge on any atom is 0.231 e. The number of nitrogens with zero attached hydrogens (tertiary/aromatic N) is 3. The molecule has 2 aliphatic rings. The van der Waals surface area contributed by atoms with Gasteiger partial charge in [0.1, 0.15) is 5.82 Å². The third-order valence-electron chi connectivity index (χ3n) is 4.98. The quantitative estimate of drug-likeness (QED) is 0.845. The topological polar surface area (TPSA) is 57.7 Å². The number of amides is 1. The van der Waals surface area contributed by atoms with Crippen LogP contribution in [0.15, 0.2) is 24.4 Å². The number of rotatable bonds is 4. The molecule has 142 valence electrons. The van der Waals surface area contributed by atoms with Crippen molar-refractivity contribution < 1.29 is 9.53 Å². The molecule has 0 aliphatic carbocycles. The van der Waals surface area contributed by atoms with Crippen LogP contribution in [0.2, 0.25) is 0 Å². The number of pyridine rings is 1. The van der Waals surface area contributed by atoms with E-state index in [4.69, 9.17) is 4.74 Å². The Bertz CT molecular complexity index is 513. The summed E-state index contributed by atoms with van der Waals surface area (Å²) in [7, 11) is 1.69. The zero-order valence-electron chi connectivity index (χ0n) is 14.6. The smallest absolute Gasteiger partial charge is 0.231 e. The minimum absolute atomic E-state index is 0. The van der Waals surface area contributed by atoms with Crippen molar-refractivity contribution >= 4 is 36.5 Å². The van der Waals surface area contributed by atoms with Gasteiger partial charge in [-0.3, -0.25) is 4.79 Å². The first-order valence-corrected chi connectivity index (χ1v) is 8.40. The van der Waals surface area contributed by atoms with E-state index >= 15 is 0 Å². The van der Waals surface area contributed by atoms with Crippen LogP contribution in [0.5, 0.6) is 0 Å². The molecule has 2 saturated heterocycles. The van der Waals surface area contributed by atoms with Crippen molar-refractivity contribution in [3.05, 3.63) is 24.4 Å². The molecule has 0 bridgehead atoms. The van der Waals surface area contributed by atoms with Crippen LogP contribution in [-0.4, -0.2) is 68.8 Å². The normalized spacial score (nSPS) is 19.6. The summed E-state index contributed by atoms with van der Waals surface area (Å²) in [6.45, 7) is 5.50. The second-order valence-corrected chi connectivity index (χ2v) is 6.43. The summed E-state index contributed by atoms with van der Waals surface area (Å²) in [6.07, 6.45) is 3.54. The molecule has 1 aromatic rings. The molecule has 0 spiro atoms. The number of piperazine rings is 1. The van der Waals surface area contributed by atoms with Gasteiger partial charge < -0.3 is 19.9 Å². The van der Waals surface area contributed by atoms with Crippen LogP contribution >= 0.6 is 24.8 Å². The van der Waals surface area contributed by atoms with Gasteiger partial charge in [-0.25, -0.2) is 4.98 Å². The van der Waals surface area contributed by atoms with Crippen molar-refractivity contribution in [3.63, 3.8) is 0 Å². The molecule has 0 unspecified atom stereocenters. The Kier molecular flexibility index (Phi) is 8.93. The molecule has 0 aromatic carbocycles. The summed E-state index contributed by atoms with van der Waals surface area (Å²) in [5.74, 6) is 1.26. The number of methoxy groups -OCH3 is 1. The van der Waals surface area contributed by atoms with E-state index in [0.717, 1.165) is 57.9 Å². The lowest BCUT2D eigenvalue weighted by atomic mass is 9.78. The summed E-state index contributed by atoms with van der Waals surface area (Å²) in [5.41, 5.74) is -0.340. The number of halogens is 2. The highest BCUT2D eigenvalue weighted by molar-refractivity contribution is 5.85. The lowest BCUT2D eigenvalue weighted by Crippen LogP contribution is -2.56. The Morgan fingerprint density at radius 1 is 1.20 bits per heavy atom. The molecule has 0 atom stereocenters. The van der Waals surface area contributed by atoms with Crippen molar-refractivity contribution in [2.45, 2.75) is 12.8 Å². The second kappa shape index (κ2) is 10.2. The average molecular weight is 391 g/mol. The number of hydrogen-bond donors (Lipinski definition) is 1. The molecular weight excluding hydrogens is 363 g/mol. The number of ether oxygens (including phenoxy) is 1. The first kappa shape index (κ1) is 22.0. The maximum absolute atomic E-state index is 13.1. The van der Waals surface area contributed by atoms with E-state index in [0.29, 0.717) is 6.61 Å². The Morgan fingerprint density at radius 2 is 1.88 bits per heavy atom. The predicted octanol–water partition coefficient (Wildman–Crippen LogP) is 1.59. The molecule has 3 rings (SSSR count). The molecular formula is C17H28Cl2N4O2. The first-order chi connectivity index (χ1) is 11.2. The summed E-state index contributed by atoms with van der Waals surface area (Å²) >= 11 is 0. The molecule has 0 saturated carbocycles. The highest BCUT2D eigenvalue weighted by Crippen LogP contribution is 2.32. The largest absolute Gasteiger partial charge is 0.384 e. The molecule has 1 aromatic heterocycles. The van der Waals surface area contributed by atoms with Crippen LogP contribution in [-0.2, 0) is 9.53 Å². The second-order valence-electron chi connectivity index (χ2n) is 6.43. The van der Waals surface area contributed by atoms with Crippen molar-refractivity contribution in [2.24, 2.45) is 5.41 Å². The van der Waals surface area contributed by atoms with Gasteiger partial charge in [0, 0.05) is 39.5 Å². The molecule has 25 heavy (non-hydrogen) atoms. The highest BCUT2D eigenvalue weighted by Gasteiger charge is 2.42. The fraction of sp³-hybridized carbons (Fsp3) is 0.647. The van der Waals surface area contributed by atoms with E-state index in [1.165, 1.54) is 0 Å². The van der Waals surface area contributed by atoms with Crippen LogP contribution in [0, 0.1) is 5.41 Å². The zero-order valence-corrected chi connectivity index (χ0v) is 16.3. The van der Waals surface area contributed by atoms with E-state index in [1.807, 2.05) is 29.3 Å². The van der Waals surface area contributed by atoms with Gasteiger partial charge in [0.05, 0.1) is 12.0 Å². The number of carbonyl (C=O) groups excluding carboxylic acids is 1.